The van der Waals surface area contributed by atoms with E-state index in [-0.39, 0.29) is 5.91 Å². The fourth-order valence-electron chi connectivity index (χ4n) is 1.57. The lowest BCUT2D eigenvalue weighted by molar-refractivity contribution is -0.140. The van der Waals surface area contributed by atoms with Crippen LogP contribution in [0.3, 0.4) is 0 Å². The SMILES string of the molecule is COc1cccc(C(=O)NC2(C(=O)O)CC2)c1. The van der Waals surface area contributed by atoms with Crippen molar-refractivity contribution in [2.45, 2.75) is 18.4 Å². The second-order valence-corrected chi connectivity index (χ2v) is 4.07. The molecule has 1 aliphatic rings. The molecule has 0 radical (unpaired) electrons. The quantitative estimate of drug-likeness (QED) is 0.817. The molecule has 5 heteroatoms. The van der Waals surface area contributed by atoms with Crippen LogP contribution in [0.15, 0.2) is 24.3 Å². The molecular weight excluding hydrogens is 222 g/mol. The van der Waals surface area contributed by atoms with Gasteiger partial charge in [-0.05, 0) is 31.0 Å². The van der Waals surface area contributed by atoms with E-state index < -0.39 is 11.5 Å². The number of carbonyl (C=O) groups excluding carboxylic acids is 1. The average molecular weight is 235 g/mol. The molecule has 2 N–H and O–H groups in total. The minimum atomic E-state index is -1.06. The number of hydrogen-bond acceptors (Lipinski definition) is 3. The summed E-state index contributed by atoms with van der Waals surface area (Å²) in [5.41, 5.74) is -0.656. The highest BCUT2D eigenvalue weighted by Gasteiger charge is 2.51. The van der Waals surface area contributed by atoms with Crippen LogP contribution in [-0.4, -0.2) is 29.6 Å². The summed E-state index contributed by atoms with van der Waals surface area (Å²) in [5, 5.41) is 11.5. The van der Waals surface area contributed by atoms with Crippen molar-refractivity contribution in [3.05, 3.63) is 29.8 Å². The zero-order chi connectivity index (χ0) is 12.5. The van der Waals surface area contributed by atoms with E-state index in [0.717, 1.165) is 0 Å². The number of carboxylic acid groups (broad SMARTS) is 1. The van der Waals surface area contributed by atoms with Crippen molar-refractivity contribution < 1.29 is 19.4 Å². The third-order valence-corrected chi connectivity index (χ3v) is 2.84. The topological polar surface area (TPSA) is 75.6 Å². The molecule has 0 atom stereocenters. The zero-order valence-corrected chi connectivity index (χ0v) is 9.40. The van der Waals surface area contributed by atoms with Gasteiger partial charge >= 0.3 is 5.97 Å². The molecule has 1 aromatic rings. The van der Waals surface area contributed by atoms with Gasteiger partial charge in [0, 0.05) is 5.56 Å². The maximum Gasteiger partial charge on any atom is 0.329 e. The molecule has 0 aromatic heterocycles. The summed E-state index contributed by atoms with van der Waals surface area (Å²) in [7, 11) is 1.51. The number of carboxylic acids is 1. The van der Waals surface area contributed by atoms with Gasteiger partial charge in [-0.15, -0.1) is 0 Å². The molecule has 1 saturated carbocycles. The van der Waals surface area contributed by atoms with Gasteiger partial charge in [-0.1, -0.05) is 6.07 Å². The Bertz CT molecular complexity index is 465. The van der Waals surface area contributed by atoms with Crippen molar-refractivity contribution in [2.24, 2.45) is 0 Å². The van der Waals surface area contributed by atoms with Crippen molar-refractivity contribution in [1.29, 1.82) is 0 Å². The highest BCUT2D eigenvalue weighted by molar-refractivity contribution is 5.99. The van der Waals surface area contributed by atoms with Gasteiger partial charge in [0.05, 0.1) is 7.11 Å². The fourth-order valence-corrected chi connectivity index (χ4v) is 1.57. The van der Waals surface area contributed by atoms with Gasteiger partial charge in [0.15, 0.2) is 0 Å². The van der Waals surface area contributed by atoms with Crippen LogP contribution in [0.25, 0.3) is 0 Å². The summed E-state index contributed by atoms with van der Waals surface area (Å²) in [6.07, 6.45) is 0.968. The Morgan fingerprint density at radius 1 is 1.41 bits per heavy atom. The predicted octanol–water partition coefficient (Wildman–Crippen LogP) is 1.04. The van der Waals surface area contributed by atoms with E-state index in [1.54, 1.807) is 24.3 Å². The predicted molar refractivity (Wildman–Crippen MR) is 60.1 cm³/mol. The first-order chi connectivity index (χ1) is 8.07. The molecule has 0 unspecified atom stereocenters. The Hall–Kier alpha value is -2.04. The molecule has 1 aliphatic carbocycles. The molecule has 0 heterocycles. The zero-order valence-electron chi connectivity index (χ0n) is 9.40. The van der Waals surface area contributed by atoms with Crippen LogP contribution in [0.2, 0.25) is 0 Å². The number of benzene rings is 1. The van der Waals surface area contributed by atoms with Crippen LogP contribution < -0.4 is 10.1 Å². The van der Waals surface area contributed by atoms with Crippen molar-refractivity contribution in [3.8, 4) is 5.75 Å². The standard InChI is InChI=1S/C12H13NO4/c1-17-9-4-2-3-8(7-9)10(14)13-12(5-6-12)11(15)16/h2-4,7H,5-6H2,1H3,(H,13,14)(H,15,16). The second kappa shape index (κ2) is 4.08. The number of rotatable bonds is 4. The molecule has 1 fully saturated rings. The van der Waals surface area contributed by atoms with Gasteiger partial charge < -0.3 is 15.2 Å². The largest absolute Gasteiger partial charge is 0.497 e. The summed E-state index contributed by atoms with van der Waals surface area (Å²) in [6, 6.07) is 6.61. The smallest absolute Gasteiger partial charge is 0.329 e. The lowest BCUT2D eigenvalue weighted by atomic mass is 10.1. The molecule has 2 rings (SSSR count). The van der Waals surface area contributed by atoms with Crippen LogP contribution >= 0.6 is 0 Å². The Morgan fingerprint density at radius 3 is 2.65 bits per heavy atom. The van der Waals surface area contributed by atoms with Crippen LogP contribution in [0.1, 0.15) is 23.2 Å². The van der Waals surface area contributed by atoms with E-state index in [9.17, 15) is 9.59 Å². The minimum Gasteiger partial charge on any atom is -0.497 e. The molecule has 0 aliphatic heterocycles. The molecule has 1 aromatic carbocycles. The molecule has 0 bridgehead atoms. The van der Waals surface area contributed by atoms with E-state index in [4.69, 9.17) is 9.84 Å². The minimum absolute atomic E-state index is 0.385. The van der Waals surface area contributed by atoms with Gasteiger partial charge in [-0.3, -0.25) is 4.79 Å². The number of amides is 1. The maximum absolute atomic E-state index is 11.8. The first-order valence-corrected chi connectivity index (χ1v) is 5.27. The summed E-state index contributed by atoms with van der Waals surface area (Å²) in [4.78, 5) is 22.8. The number of ether oxygens (including phenoxy) is 1. The maximum atomic E-state index is 11.8. The number of hydrogen-bond donors (Lipinski definition) is 2. The highest BCUT2D eigenvalue weighted by Crippen LogP contribution is 2.35. The first kappa shape index (κ1) is 11.4. The molecule has 0 spiro atoms. The number of methoxy groups -OCH3 is 1. The van der Waals surface area contributed by atoms with Crippen molar-refractivity contribution >= 4 is 11.9 Å². The Kier molecular flexibility index (Phi) is 2.75. The van der Waals surface area contributed by atoms with Gasteiger partial charge in [0.2, 0.25) is 0 Å². The highest BCUT2D eigenvalue weighted by atomic mass is 16.5. The lowest BCUT2D eigenvalue weighted by Crippen LogP contribution is -2.43. The fraction of sp³-hybridized carbons (Fsp3) is 0.333. The Labute approximate surface area is 98.4 Å². The van der Waals surface area contributed by atoms with Crippen LogP contribution in [0.4, 0.5) is 0 Å². The average Bonchev–Trinajstić information content (AvgIpc) is 3.10. The first-order valence-electron chi connectivity index (χ1n) is 5.27. The molecule has 17 heavy (non-hydrogen) atoms. The van der Waals surface area contributed by atoms with Crippen molar-refractivity contribution in [2.75, 3.05) is 7.11 Å². The van der Waals surface area contributed by atoms with Gasteiger partial charge in [0.25, 0.3) is 5.91 Å². The Balaban J connectivity index is 2.12. The van der Waals surface area contributed by atoms with E-state index in [0.29, 0.717) is 24.2 Å². The lowest BCUT2D eigenvalue weighted by Gasteiger charge is -2.12. The van der Waals surface area contributed by atoms with Gasteiger partial charge in [0.1, 0.15) is 11.3 Å². The summed E-state index contributed by atoms with van der Waals surface area (Å²) < 4.78 is 5.00. The number of carbonyl (C=O) groups is 2. The van der Waals surface area contributed by atoms with Crippen LogP contribution in [-0.2, 0) is 4.79 Å². The van der Waals surface area contributed by atoms with Crippen LogP contribution in [0, 0.1) is 0 Å². The molecule has 90 valence electrons. The monoisotopic (exact) mass is 235 g/mol. The third kappa shape index (κ3) is 2.22. The normalized spacial score (nSPS) is 16.1. The van der Waals surface area contributed by atoms with Crippen molar-refractivity contribution in [1.82, 2.24) is 5.32 Å². The third-order valence-electron chi connectivity index (χ3n) is 2.84. The molecular formula is C12H13NO4. The molecule has 5 nitrogen and oxygen atoms in total. The van der Waals surface area contributed by atoms with E-state index in [1.165, 1.54) is 7.11 Å². The summed E-state index contributed by atoms with van der Waals surface area (Å²) in [5.74, 6) is -0.796. The van der Waals surface area contributed by atoms with Gasteiger partial charge in [-0.2, -0.15) is 0 Å². The van der Waals surface area contributed by atoms with E-state index >= 15 is 0 Å². The summed E-state index contributed by atoms with van der Waals surface area (Å²) >= 11 is 0. The van der Waals surface area contributed by atoms with Gasteiger partial charge in [-0.25, -0.2) is 4.79 Å². The van der Waals surface area contributed by atoms with Crippen LogP contribution in [0.5, 0.6) is 5.75 Å². The van der Waals surface area contributed by atoms with E-state index in [2.05, 4.69) is 5.32 Å². The molecule has 1 amide bonds. The van der Waals surface area contributed by atoms with Crippen molar-refractivity contribution in [3.63, 3.8) is 0 Å². The number of aliphatic carboxylic acids is 1. The summed E-state index contributed by atoms with van der Waals surface area (Å²) in [6.45, 7) is 0. The molecule has 0 saturated heterocycles. The second-order valence-electron chi connectivity index (χ2n) is 4.07. The van der Waals surface area contributed by atoms with E-state index in [1.807, 2.05) is 0 Å². The Morgan fingerprint density at radius 2 is 2.12 bits per heavy atom. The number of nitrogens with one attached hydrogen (secondary N) is 1.